The maximum atomic E-state index is 12.5. The van der Waals surface area contributed by atoms with E-state index >= 15 is 0 Å². The van der Waals surface area contributed by atoms with Gasteiger partial charge in [-0.15, -0.1) is 34.0 Å². The molecule has 35 heteroatoms. The summed E-state index contributed by atoms with van der Waals surface area (Å²) < 4.78 is 121. The second-order valence-corrected chi connectivity index (χ2v) is 40.4. The van der Waals surface area contributed by atoms with Crippen LogP contribution in [0.5, 0.6) is 0 Å². The second kappa shape index (κ2) is 34.2. The van der Waals surface area contributed by atoms with Gasteiger partial charge in [0.25, 0.3) is 29.5 Å². The molecule has 0 aliphatic heterocycles. The van der Waals surface area contributed by atoms with Crippen molar-refractivity contribution in [1.29, 1.82) is 0 Å². The Hall–Kier alpha value is -9.34. The highest BCUT2D eigenvalue weighted by Gasteiger charge is 2.33. The molecule has 0 fully saturated rings. The number of aryl methyl sites for hydroxylation is 14. The summed E-state index contributed by atoms with van der Waals surface area (Å²) in [5, 5.41) is 41.9. The number of primary sulfonamides is 5. The van der Waals surface area contributed by atoms with Crippen LogP contribution in [0, 0.1) is 55.4 Å². The van der Waals surface area contributed by atoms with Crippen molar-refractivity contribution in [3.8, 4) is 0 Å². The van der Waals surface area contributed by atoms with Gasteiger partial charge in [0.05, 0.1) is 50.4 Å². The molecule has 15 rings (SSSR count). The van der Waals surface area contributed by atoms with Gasteiger partial charge in [0.15, 0.2) is 5.76 Å². The van der Waals surface area contributed by atoms with E-state index in [1.165, 1.54) is 109 Å². The monoisotopic (exact) mass is 1700 g/mol. The number of carbonyl (C=O) groups is 5. The lowest BCUT2D eigenvalue weighted by Crippen LogP contribution is -2.28. The van der Waals surface area contributed by atoms with Gasteiger partial charge in [0, 0.05) is 29.6 Å². The Morgan fingerprint density at radius 3 is 1.12 bits per heavy atom. The lowest BCUT2D eigenvalue weighted by molar-refractivity contribution is 0.0903. The molecule has 0 radical (unpaired) electrons. The van der Waals surface area contributed by atoms with E-state index in [4.69, 9.17) is 30.1 Å². The molecule has 27 nitrogen and oxygen atoms in total. The van der Waals surface area contributed by atoms with Crippen molar-refractivity contribution < 1.29 is 70.5 Å². The minimum atomic E-state index is -3.90. The maximum Gasteiger partial charge on any atom is 0.287 e. The molecule has 5 heterocycles. The Bertz CT molecular complexity index is 5780. The summed E-state index contributed by atoms with van der Waals surface area (Å²) in [6, 6.07) is 37.5. The number of thiophene rings is 3. The molecule has 0 saturated heterocycles. The van der Waals surface area contributed by atoms with Crippen LogP contribution < -0.4 is 52.3 Å². The van der Waals surface area contributed by atoms with Gasteiger partial charge < -0.3 is 35.6 Å². The lowest BCUT2D eigenvalue weighted by atomic mass is 10.1. The first-order valence-electron chi connectivity index (χ1n) is 36.1. The number of furan rings is 1. The summed E-state index contributed by atoms with van der Waals surface area (Å²) in [7, 11) is -17.4. The minimum Gasteiger partial charge on any atom is -0.455 e. The van der Waals surface area contributed by atoms with Gasteiger partial charge in [-0.05, 0) is 205 Å². The number of nitrogens with one attached hydrogen (secondary N) is 5. The van der Waals surface area contributed by atoms with Crippen molar-refractivity contribution in [2.45, 2.75) is 173 Å². The molecule has 0 saturated carbocycles. The average Bonchev–Trinajstić information content (AvgIpc) is 1.67. The third-order valence-electron chi connectivity index (χ3n) is 20.3. The standard InChI is InChI=1S/C16H19N3O3S.C16H18N2O4S.2C16H18N2O3S2.C15H16N2O3S2/c1-10-3-5-13-11(7-10)4-6-14(13)18-16(20)15-8-12(9-19(15)2)23(17,21)22;2*1-9-3-5-12-11(7-9)4-6-13(12)18-16(19)14-8-15(10(2)22-14)23(17,20)21;1-9-3-5-12-11(7-9)4-6-13(12)18-16(19)15-10(2)8-14(22-15)23(17,20)21;1-9-2-4-12-10(6-9)3-5-13(12)17-15(18)11-7-14(21-8-11)22(16,19)20/h3,5,7-9,14H,4,6H2,1-2H3,(H,18,20)(H2,17,21,22);3*3,5,7-8,13H,4,6H2,1-2H3,(H,18,19)(H2,17,20,21);2,4,6-8,13H,3,5H2,1H3,(H,17,18)(H2,16,19,20)/t14-;4*13-/m11111/s1. The van der Waals surface area contributed by atoms with Gasteiger partial charge in [-0.25, -0.2) is 67.8 Å². The van der Waals surface area contributed by atoms with Crippen LogP contribution in [0.2, 0.25) is 0 Å². The summed E-state index contributed by atoms with van der Waals surface area (Å²) in [5.41, 5.74) is 19.2. The molecule has 15 N–H and O–H groups in total. The van der Waals surface area contributed by atoms with Crippen LogP contribution in [0.15, 0.2) is 160 Å². The third-order valence-corrected chi connectivity index (χ3v) is 29.4. The third kappa shape index (κ3) is 20.5. The molecule has 114 heavy (non-hydrogen) atoms. The minimum absolute atomic E-state index is 0.0000897. The molecule has 5 aliphatic rings. The number of nitrogens with two attached hydrogens (primary N) is 5. The number of nitrogens with zero attached hydrogens (tertiary/aromatic N) is 1. The molecule has 604 valence electrons. The van der Waals surface area contributed by atoms with Gasteiger partial charge in [0.2, 0.25) is 50.1 Å². The molecule has 0 unspecified atom stereocenters. The topological polar surface area (TPSA) is 464 Å². The fourth-order valence-corrected chi connectivity index (χ4v) is 21.5. The number of benzene rings is 5. The smallest absolute Gasteiger partial charge is 0.287 e. The highest BCUT2D eigenvalue weighted by atomic mass is 32.3. The molecular weight excluding hydrogens is 1620 g/mol. The SMILES string of the molecule is Cc1ccc2c(c1)CC[C@H]2NC(=O)c1cc(S(N)(=O)=O)c(C)o1.Cc1ccc2c(c1)CC[C@H]2NC(=O)c1cc(S(N)(=O)=O)c(C)s1.Cc1ccc2c(c1)CC[C@H]2NC(=O)c1cc(S(N)(=O)=O)cn1C.Cc1ccc2c(c1)CC[C@H]2NC(=O)c1csc(S(N)(=O)=O)c1.Cc1ccc2c(c1)CC[C@H]2NC(=O)c1sc(S(N)(=O)=O)cc1C. The van der Waals surface area contributed by atoms with E-state index < -0.39 is 56.0 Å². The number of aromatic nitrogens is 1. The van der Waals surface area contributed by atoms with E-state index in [1.807, 2.05) is 69.3 Å². The van der Waals surface area contributed by atoms with Gasteiger partial charge in [-0.3, -0.25) is 24.0 Å². The Morgan fingerprint density at radius 1 is 0.404 bits per heavy atom. The number of carbonyl (C=O) groups excluding carboxylic acids is 5. The van der Waals surface area contributed by atoms with Crippen LogP contribution in [0.3, 0.4) is 0 Å². The first-order valence-corrected chi connectivity index (χ1v) is 46.3. The predicted octanol–water partition coefficient (Wildman–Crippen LogP) is 10.3. The van der Waals surface area contributed by atoms with Crippen LogP contribution in [-0.2, 0) is 89.3 Å². The number of fused-ring (bicyclic) bond motifs is 5. The molecule has 5 aromatic heterocycles. The number of rotatable bonds is 15. The van der Waals surface area contributed by atoms with E-state index in [9.17, 15) is 66.1 Å². The molecule has 10 aromatic rings. The van der Waals surface area contributed by atoms with Crippen LogP contribution in [-0.4, -0.2) is 76.2 Å². The Labute approximate surface area is 675 Å². The molecule has 5 aromatic carbocycles. The van der Waals surface area contributed by atoms with Crippen molar-refractivity contribution in [3.63, 3.8) is 0 Å². The van der Waals surface area contributed by atoms with E-state index in [-0.39, 0.29) is 94.2 Å². The lowest BCUT2D eigenvalue weighted by Gasteiger charge is -2.14. The van der Waals surface area contributed by atoms with E-state index in [0.717, 1.165) is 126 Å². The molecule has 5 aliphatic carbocycles. The number of amides is 5. The zero-order valence-corrected chi connectivity index (χ0v) is 70.3. The maximum absolute atomic E-state index is 12.5. The zero-order valence-electron chi connectivity index (χ0n) is 63.8. The first-order chi connectivity index (χ1) is 53.4. The average molecular weight is 1710 g/mol. The van der Waals surface area contributed by atoms with Crippen molar-refractivity contribution in [3.05, 3.63) is 259 Å². The highest BCUT2D eigenvalue weighted by molar-refractivity contribution is 7.91. The first kappa shape index (κ1) is 85.5. The number of sulfonamides is 5. The van der Waals surface area contributed by atoms with Crippen molar-refractivity contribution in [2.75, 3.05) is 0 Å². The Balaban J connectivity index is 0.000000141. The second-order valence-electron chi connectivity index (χ2n) is 29.0. The normalized spacial score (nSPS) is 17.1. The molecule has 0 spiro atoms. The van der Waals surface area contributed by atoms with Gasteiger partial charge >= 0.3 is 0 Å². The summed E-state index contributed by atoms with van der Waals surface area (Å²) in [6.45, 7) is 15.1. The van der Waals surface area contributed by atoms with Crippen LogP contribution in [0.25, 0.3) is 0 Å². The molecule has 5 atom stereocenters. The largest absolute Gasteiger partial charge is 0.455 e. The van der Waals surface area contributed by atoms with Gasteiger partial charge in [-0.1, -0.05) is 119 Å². The van der Waals surface area contributed by atoms with E-state index in [1.54, 1.807) is 20.9 Å². The van der Waals surface area contributed by atoms with Crippen molar-refractivity contribution >= 4 is 114 Å². The van der Waals surface area contributed by atoms with E-state index in [2.05, 4.69) is 82.9 Å². The van der Waals surface area contributed by atoms with Crippen LogP contribution >= 0.6 is 34.0 Å². The fourth-order valence-electron chi connectivity index (χ4n) is 14.7. The van der Waals surface area contributed by atoms with Crippen LogP contribution in [0.4, 0.5) is 0 Å². The van der Waals surface area contributed by atoms with Gasteiger partial charge in [0.1, 0.15) is 29.7 Å². The highest BCUT2D eigenvalue weighted by Crippen LogP contribution is 2.38. The van der Waals surface area contributed by atoms with Gasteiger partial charge in [-0.2, -0.15) is 0 Å². The van der Waals surface area contributed by atoms with Crippen molar-refractivity contribution in [1.82, 2.24) is 31.2 Å². The quantitative estimate of drug-likeness (QED) is 0.0456. The summed E-state index contributed by atoms with van der Waals surface area (Å²) in [5.74, 6) is -1.47. The van der Waals surface area contributed by atoms with Crippen LogP contribution in [0.1, 0.15) is 213 Å². The molecule has 0 bridgehead atoms. The predicted molar refractivity (Wildman–Crippen MR) is 437 cm³/mol. The van der Waals surface area contributed by atoms with E-state index in [0.29, 0.717) is 25.8 Å². The Morgan fingerprint density at radius 2 is 0.781 bits per heavy atom. The fraction of sp³-hybridized carbons (Fsp3) is 0.304. The zero-order chi connectivity index (χ0) is 83.0. The van der Waals surface area contributed by atoms with Crippen molar-refractivity contribution in [2.24, 2.45) is 32.7 Å². The summed E-state index contributed by atoms with van der Waals surface area (Å²) in [6.07, 6.45) is 10.2. The molecule has 5 amide bonds. The number of hydrogen-bond acceptors (Lipinski definition) is 19. The summed E-state index contributed by atoms with van der Waals surface area (Å²) in [4.78, 5) is 63.1. The summed E-state index contributed by atoms with van der Waals surface area (Å²) >= 11 is 3.02. The Kier molecular flexibility index (Phi) is 25.7. The molecular formula is C79H89N11O16S8. The number of hydrogen-bond donors (Lipinski definition) is 10.